The van der Waals surface area contributed by atoms with Gasteiger partial charge in [-0.05, 0) is 40.4 Å². The van der Waals surface area contributed by atoms with Crippen LogP contribution in [0.15, 0.2) is 59.5 Å². The van der Waals surface area contributed by atoms with Crippen molar-refractivity contribution in [3.05, 3.63) is 65.7 Å². The third kappa shape index (κ3) is 6.49. The molecule has 0 aromatic heterocycles. The number of halogens is 3. The summed E-state index contributed by atoms with van der Waals surface area (Å²) in [4.78, 5) is 25.4. The summed E-state index contributed by atoms with van der Waals surface area (Å²) in [7, 11) is 0. The Labute approximate surface area is 189 Å². The zero-order valence-corrected chi connectivity index (χ0v) is 18.8. The molecule has 0 bridgehead atoms. The second kappa shape index (κ2) is 9.54. The van der Waals surface area contributed by atoms with Crippen LogP contribution in [0.3, 0.4) is 0 Å². The largest absolute Gasteiger partial charge is 0.446 e. The first-order valence-electron chi connectivity index (χ1n) is 10.2. The van der Waals surface area contributed by atoms with Crippen molar-refractivity contribution in [2.75, 3.05) is 0 Å². The summed E-state index contributed by atoms with van der Waals surface area (Å²) < 4.78 is 37.9. The summed E-state index contributed by atoms with van der Waals surface area (Å²) in [6, 6.07) is 14.1. The van der Waals surface area contributed by atoms with Gasteiger partial charge in [0.15, 0.2) is 0 Å². The average molecular weight is 466 g/mol. The lowest BCUT2D eigenvalue weighted by atomic mass is 9.82. The van der Waals surface area contributed by atoms with E-state index in [1.165, 1.54) is 12.1 Å². The summed E-state index contributed by atoms with van der Waals surface area (Å²) in [5, 5.41) is 9.00. The van der Waals surface area contributed by atoms with Crippen LogP contribution in [-0.2, 0) is 9.59 Å². The number of benzene rings is 2. The minimum atomic E-state index is -4.36. The van der Waals surface area contributed by atoms with Gasteiger partial charge in [0.05, 0.1) is 18.5 Å². The Kier molecular flexibility index (Phi) is 7.19. The molecule has 3 N–H and O–H groups in total. The van der Waals surface area contributed by atoms with E-state index in [4.69, 9.17) is 0 Å². The second-order valence-electron chi connectivity index (χ2n) is 8.76. The maximum absolute atomic E-state index is 13.1. The fourth-order valence-electron chi connectivity index (χ4n) is 3.61. The van der Waals surface area contributed by atoms with Gasteiger partial charge < -0.3 is 10.6 Å². The van der Waals surface area contributed by atoms with Gasteiger partial charge in [-0.15, -0.1) is 0 Å². The SMILES string of the molecule is CC(C)(C)[C@@H](NC(=O)C1CC(=O)NC(c2ccccc2)N1)c1ccc(SC(F)(F)F)cc1. The number of thioether (sulfide) groups is 1. The Morgan fingerprint density at radius 2 is 1.69 bits per heavy atom. The lowest BCUT2D eigenvalue weighted by Gasteiger charge is -2.36. The summed E-state index contributed by atoms with van der Waals surface area (Å²) in [6.07, 6.45) is -0.493. The Morgan fingerprint density at radius 3 is 2.25 bits per heavy atom. The molecule has 1 heterocycles. The minimum absolute atomic E-state index is 0.00676. The molecule has 2 aromatic rings. The van der Waals surface area contributed by atoms with E-state index in [-0.39, 0.29) is 34.9 Å². The van der Waals surface area contributed by atoms with Crippen LogP contribution in [0.5, 0.6) is 0 Å². The maximum atomic E-state index is 13.1. The van der Waals surface area contributed by atoms with E-state index in [1.54, 1.807) is 12.1 Å². The molecule has 32 heavy (non-hydrogen) atoms. The zero-order chi connectivity index (χ0) is 23.5. The minimum Gasteiger partial charge on any atom is -0.347 e. The van der Waals surface area contributed by atoms with Crippen LogP contribution in [-0.4, -0.2) is 23.4 Å². The highest BCUT2D eigenvalue weighted by atomic mass is 32.2. The number of nitrogens with one attached hydrogen (secondary N) is 3. The molecule has 3 atom stereocenters. The molecule has 1 saturated heterocycles. The van der Waals surface area contributed by atoms with Gasteiger partial charge in [0.2, 0.25) is 11.8 Å². The number of hydrogen-bond donors (Lipinski definition) is 3. The van der Waals surface area contributed by atoms with Gasteiger partial charge in [-0.2, -0.15) is 13.2 Å². The van der Waals surface area contributed by atoms with Crippen molar-refractivity contribution in [1.82, 2.24) is 16.0 Å². The van der Waals surface area contributed by atoms with Gasteiger partial charge in [-0.25, -0.2) is 0 Å². The first-order valence-corrected chi connectivity index (χ1v) is 11.0. The molecule has 172 valence electrons. The van der Waals surface area contributed by atoms with E-state index in [1.807, 2.05) is 51.1 Å². The van der Waals surface area contributed by atoms with Gasteiger partial charge in [-0.1, -0.05) is 63.2 Å². The average Bonchev–Trinajstić information content (AvgIpc) is 2.71. The molecule has 5 nitrogen and oxygen atoms in total. The van der Waals surface area contributed by atoms with Crippen LogP contribution in [0.4, 0.5) is 13.2 Å². The van der Waals surface area contributed by atoms with Crippen LogP contribution in [0, 0.1) is 5.41 Å². The molecule has 0 radical (unpaired) electrons. The van der Waals surface area contributed by atoms with Gasteiger partial charge in [-0.3, -0.25) is 14.9 Å². The van der Waals surface area contributed by atoms with Crippen LogP contribution < -0.4 is 16.0 Å². The fraction of sp³-hybridized carbons (Fsp3) is 0.391. The zero-order valence-electron chi connectivity index (χ0n) is 18.0. The number of hydrogen-bond acceptors (Lipinski definition) is 4. The molecule has 1 aliphatic heterocycles. The predicted octanol–water partition coefficient (Wildman–Crippen LogP) is 4.68. The van der Waals surface area contributed by atoms with E-state index >= 15 is 0 Å². The molecule has 0 aliphatic carbocycles. The fourth-order valence-corrected chi connectivity index (χ4v) is 4.14. The van der Waals surface area contributed by atoms with Crippen molar-refractivity contribution in [2.45, 2.75) is 55.8 Å². The molecule has 2 amide bonds. The topological polar surface area (TPSA) is 70.2 Å². The molecule has 2 aromatic carbocycles. The third-order valence-corrected chi connectivity index (χ3v) is 5.85. The van der Waals surface area contributed by atoms with Crippen molar-refractivity contribution >= 4 is 23.6 Å². The monoisotopic (exact) mass is 465 g/mol. The molecular formula is C23H26F3N3O2S. The number of carbonyl (C=O) groups excluding carboxylic acids is 2. The molecule has 1 aliphatic rings. The van der Waals surface area contributed by atoms with Gasteiger partial charge >= 0.3 is 5.51 Å². The summed E-state index contributed by atoms with van der Waals surface area (Å²) in [5.41, 5.74) is -3.24. The van der Waals surface area contributed by atoms with E-state index in [9.17, 15) is 22.8 Å². The second-order valence-corrected chi connectivity index (χ2v) is 9.90. The molecule has 3 rings (SSSR count). The standard InChI is InChI=1S/C23H26F3N3O2S/c1-22(2,3)19(14-9-11-16(12-10-14)32-23(24,25)26)29-21(31)17-13-18(30)28-20(27-17)15-7-5-4-6-8-15/h4-12,17,19-20,27H,13H2,1-3H3,(H,28,30)(H,29,31)/t17?,19-,20?/m0/s1. The van der Waals surface area contributed by atoms with Gasteiger partial charge in [0, 0.05) is 4.90 Å². The lowest BCUT2D eigenvalue weighted by molar-refractivity contribution is -0.132. The third-order valence-electron chi connectivity index (χ3n) is 5.11. The van der Waals surface area contributed by atoms with Crippen LogP contribution in [0.1, 0.15) is 50.5 Å². The maximum Gasteiger partial charge on any atom is 0.446 e. The number of carbonyl (C=O) groups is 2. The number of alkyl halides is 3. The Morgan fingerprint density at radius 1 is 1.06 bits per heavy atom. The van der Waals surface area contributed by atoms with Crippen LogP contribution >= 0.6 is 11.8 Å². The number of rotatable bonds is 5. The van der Waals surface area contributed by atoms with Crippen molar-refractivity contribution in [3.63, 3.8) is 0 Å². The quantitative estimate of drug-likeness (QED) is 0.561. The van der Waals surface area contributed by atoms with Crippen molar-refractivity contribution in [1.29, 1.82) is 0 Å². The van der Waals surface area contributed by atoms with Crippen molar-refractivity contribution in [2.24, 2.45) is 5.41 Å². The van der Waals surface area contributed by atoms with Gasteiger partial charge in [0.1, 0.15) is 6.17 Å². The molecule has 0 saturated carbocycles. The Balaban J connectivity index is 1.75. The smallest absolute Gasteiger partial charge is 0.347 e. The Bertz CT molecular complexity index is 944. The lowest BCUT2D eigenvalue weighted by Crippen LogP contribution is -2.57. The van der Waals surface area contributed by atoms with E-state index < -0.39 is 29.2 Å². The van der Waals surface area contributed by atoms with Gasteiger partial charge in [0.25, 0.3) is 0 Å². The van der Waals surface area contributed by atoms with Crippen molar-refractivity contribution < 1.29 is 22.8 Å². The van der Waals surface area contributed by atoms with E-state index in [0.29, 0.717) is 5.56 Å². The highest BCUT2D eigenvalue weighted by Crippen LogP contribution is 2.38. The molecule has 2 unspecified atom stereocenters. The van der Waals surface area contributed by atoms with Crippen molar-refractivity contribution in [3.8, 4) is 0 Å². The molecular weight excluding hydrogens is 439 g/mol. The first-order chi connectivity index (χ1) is 14.9. The highest BCUT2D eigenvalue weighted by molar-refractivity contribution is 8.00. The first kappa shape index (κ1) is 24.1. The molecule has 1 fully saturated rings. The summed E-state index contributed by atoms with van der Waals surface area (Å²) in [6.45, 7) is 5.80. The van der Waals surface area contributed by atoms with Crippen LogP contribution in [0.2, 0.25) is 0 Å². The Hall–Kier alpha value is -2.52. The van der Waals surface area contributed by atoms with E-state index in [2.05, 4.69) is 16.0 Å². The normalized spacial score (nSPS) is 20.4. The molecule has 9 heteroatoms. The summed E-state index contributed by atoms with van der Waals surface area (Å²) in [5.74, 6) is -0.576. The predicted molar refractivity (Wildman–Crippen MR) is 118 cm³/mol. The number of amides is 2. The van der Waals surface area contributed by atoms with E-state index in [0.717, 1.165) is 5.56 Å². The highest BCUT2D eigenvalue weighted by Gasteiger charge is 2.35. The summed E-state index contributed by atoms with van der Waals surface area (Å²) >= 11 is -0.178. The van der Waals surface area contributed by atoms with Crippen LogP contribution in [0.25, 0.3) is 0 Å². The molecule has 0 spiro atoms.